The van der Waals surface area contributed by atoms with Crippen LogP contribution in [0.25, 0.3) is 5.69 Å². The van der Waals surface area contributed by atoms with Gasteiger partial charge < -0.3 is 10.0 Å². The van der Waals surface area contributed by atoms with Gasteiger partial charge in [0.2, 0.25) is 0 Å². The van der Waals surface area contributed by atoms with Crippen molar-refractivity contribution in [1.29, 1.82) is 0 Å². The Kier molecular flexibility index (Phi) is 4.66. The second kappa shape index (κ2) is 6.87. The fraction of sp³-hybridized carbons (Fsp3) is 0.312. The van der Waals surface area contributed by atoms with E-state index in [2.05, 4.69) is 5.10 Å². The van der Waals surface area contributed by atoms with Crippen LogP contribution in [-0.4, -0.2) is 55.8 Å². The van der Waals surface area contributed by atoms with Crippen LogP contribution in [0.5, 0.6) is 0 Å². The molecule has 1 N–H and O–H groups in total. The molecule has 23 heavy (non-hydrogen) atoms. The highest BCUT2D eigenvalue weighted by molar-refractivity contribution is 7.99. The van der Waals surface area contributed by atoms with Gasteiger partial charge in [0.1, 0.15) is 0 Å². The predicted molar refractivity (Wildman–Crippen MR) is 88.0 cm³/mol. The molecule has 2 aromatic rings. The predicted octanol–water partition coefficient (Wildman–Crippen LogP) is 1.90. The van der Waals surface area contributed by atoms with Crippen molar-refractivity contribution in [3.63, 3.8) is 0 Å². The normalized spacial score (nSPS) is 17.9. The molecule has 2 heterocycles. The van der Waals surface area contributed by atoms with Gasteiger partial charge in [0.05, 0.1) is 18.2 Å². The van der Waals surface area contributed by atoms with Crippen molar-refractivity contribution >= 4 is 23.6 Å². The Morgan fingerprint density at radius 1 is 1.30 bits per heavy atom. The van der Waals surface area contributed by atoms with Crippen LogP contribution in [0.2, 0.25) is 0 Å². The molecule has 1 saturated heterocycles. The first kappa shape index (κ1) is 15.6. The number of carbonyl (C=O) groups is 2. The van der Waals surface area contributed by atoms with E-state index in [9.17, 15) is 9.59 Å². The summed E-state index contributed by atoms with van der Waals surface area (Å²) in [6.45, 7) is 0.586. The zero-order valence-electron chi connectivity index (χ0n) is 12.5. The molecule has 1 amide bonds. The number of carboxylic acid groups (broad SMARTS) is 1. The molecule has 1 atom stereocenters. The highest BCUT2D eigenvalue weighted by Crippen LogP contribution is 2.22. The van der Waals surface area contributed by atoms with Gasteiger partial charge in [0, 0.05) is 36.0 Å². The van der Waals surface area contributed by atoms with Crippen LogP contribution in [-0.2, 0) is 4.79 Å². The quantitative estimate of drug-likeness (QED) is 0.926. The van der Waals surface area contributed by atoms with Crippen LogP contribution in [0.4, 0.5) is 0 Å². The van der Waals surface area contributed by atoms with Crippen LogP contribution < -0.4 is 0 Å². The van der Waals surface area contributed by atoms with E-state index in [1.807, 2.05) is 24.4 Å². The lowest BCUT2D eigenvalue weighted by Gasteiger charge is -2.34. The second-order valence-electron chi connectivity index (χ2n) is 5.32. The van der Waals surface area contributed by atoms with Gasteiger partial charge in [0.25, 0.3) is 5.91 Å². The van der Waals surface area contributed by atoms with E-state index < -0.39 is 5.97 Å². The molecule has 0 bridgehead atoms. The summed E-state index contributed by atoms with van der Waals surface area (Å²) in [6, 6.07) is 8.79. The van der Waals surface area contributed by atoms with E-state index in [-0.39, 0.29) is 18.4 Å². The maximum atomic E-state index is 12.7. The van der Waals surface area contributed by atoms with Crippen molar-refractivity contribution in [2.75, 3.05) is 18.1 Å². The van der Waals surface area contributed by atoms with E-state index >= 15 is 0 Å². The highest BCUT2D eigenvalue weighted by Gasteiger charge is 2.29. The molecule has 1 fully saturated rings. The number of benzene rings is 1. The minimum atomic E-state index is -0.871. The van der Waals surface area contributed by atoms with Gasteiger partial charge in [-0.2, -0.15) is 16.9 Å². The van der Waals surface area contributed by atoms with Gasteiger partial charge in [-0.3, -0.25) is 9.59 Å². The van der Waals surface area contributed by atoms with E-state index in [0.717, 1.165) is 11.4 Å². The zero-order valence-corrected chi connectivity index (χ0v) is 13.3. The third-order valence-electron chi connectivity index (χ3n) is 3.78. The van der Waals surface area contributed by atoms with Gasteiger partial charge in [-0.1, -0.05) is 0 Å². The maximum absolute atomic E-state index is 12.7. The molecule has 120 valence electrons. The summed E-state index contributed by atoms with van der Waals surface area (Å²) in [4.78, 5) is 25.4. The van der Waals surface area contributed by atoms with E-state index in [1.54, 1.807) is 39.7 Å². The van der Waals surface area contributed by atoms with Gasteiger partial charge in [-0.05, 0) is 30.3 Å². The molecule has 1 aromatic carbocycles. The number of hydrogen-bond acceptors (Lipinski definition) is 4. The second-order valence-corrected chi connectivity index (χ2v) is 6.47. The smallest absolute Gasteiger partial charge is 0.305 e. The summed E-state index contributed by atoms with van der Waals surface area (Å²) in [7, 11) is 0. The number of carbonyl (C=O) groups excluding carboxylic acids is 1. The largest absolute Gasteiger partial charge is 0.481 e. The first-order valence-corrected chi connectivity index (χ1v) is 8.51. The van der Waals surface area contributed by atoms with Gasteiger partial charge in [0.15, 0.2) is 0 Å². The van der Waals surface area contributed by atoms with Crippen molar-refractivity contribution in [3.8, 4) is 5.69 Å². The van der Waals surface area contributed by atoms with E-state index in [1.165, 1.54) is 0 Å². The summed E-state index contributed by atoms with van der Waals surface area (Å²) in [5.74, 6) is 0.532. The first-order valence-electron chi connectivity index (χ1n) is 7.36. The third kappa shape index (κ3) is 3.56. The molecule has 0 spiro atoms. The number of rotatable bonds is 4. The lowest BCUT2D eigenvalue weighted by Crippen LogP contribution is -2.47. The number of aromatic nitrogens is 2. The van der Waals surface area contributed by atoms with Crippen molar-refractivity contribution in [3.05, 3.63) is 48.3 Å². The van der Waals surface area contributed by atoms with E-state index in [0.29, 0.717) is 17.9 Å². The number of hydrogen-bond donors (Lipinski definition) is 1. The Morgan fingerprint density at radius 2 is 2.09 bits per heavy atom. The molecule has 1 aliphatic rings. The minimum Gasteiger partial charge on any atom is -0.481 e. The minimum absolute atomic E-state index is 0.00981. The number of aliphatic carboxylic acids is 1. The lowest BCUT2D eigenvalue weighted by atomic mass is 10.1. The lowest BCUT2D eigenvalue weighted by molar-refractivity contribution is -0.138. The molecule has 0 aliphatic carbocycles. The Labute approximate surface area is 138 Å². The molecule has 0 radical (unpaired) electrons. The Morgan fingerprint density at radius 3 is 2.74 bits per heavy atom. The average Bonchev–Trinajstić information content (AvgIpc) is 3.09. The average molecular weight is 331 g/mol. The highest BCUT2D eigenvalue weighted by atomic mass is 32.2. The van der Waals surface area contributed by atoms with Crippen molar-refractivity contribution in [2.24, 2.45) is 0 Å². The molecule has 1 unspecified atom stereocenters. The van der Waals surface area contributed by atoms with E-state index in [4.69, 9.17) is 5.11 Å². The van der Waals surface area contributed by atoms with Gasteiger partial charge in [-0.15, -0.1) is 0 Å². The SMILES string of the molecule is O=C(O)CC1CSCCN1C(=O)c1ccc(-n2cccn2)cc1. The van der Waals surface area contributed by atoms with Crippen molar-refractivity contribution in [1.82, 2.24) is 14.7 Å². The molecule has 6 nitrogen and oxygen atoms in total. The third-order valence-corrected chi connectivity index (χ3v) is 4.87. The maximum Gasteiger partial charge on any atom is 0.305 e. The molecule has 0 saturated carbocycles. The van der Waals surface area contributed by atoms with Crippen LogP contribution >= 0.6 is 11.8 Å². The van der Waals surface area contributed by atoms with Crippen LogP contribution in [0.15, 0.2) is 42.7 Å². The van der Waals surface area contributed by atoms with Crippen LogP contribution in [0.1, 0.15) is 16.8 Å². The first-order chi connectivity index (χ1) is 11.1. The Bertz CT molecular complexity index is 685. The summed E-state index contributed by atoms with van der Waals surface area (Å²) in [5.41, 5.74) is 1.45. The Balaban J connectivity index is 1.77. The zero-order chi connectivity index (χ0) is 16.2. The summed E-state index contributed by atoms with van der Waals surface area (Å²) in [6.07, 6.45) is 3.52. The topological polar surface area (TPSA) is 75.4 Å². The molecule has 7 heteroatoms. The Hall–Kier alpha value is -2.28. The summed E-state index contributed by atoms with van der Waals surface area (Å²) >= 11 is 1.69. The standard InChI is InChI=1S/C16H17N3O3S/c20-15(21)10-14-11-23-9-8-18(14)16(22)12-2-4-13(5-3-12)19-7-1-6-17-19/h1-7,14H,8-11H2,(H,20,21). The fourth-order valence-electron chi connectivity index (χ4n) is 2.64. The van der Waals surface area contributed by atoms with Gasteiger partial charge >= 0.3 is 5.97 Å². The molecule has 1 aromatic heterocycles. The molecular weight excluding hydrogens is 314 g/mol. The summed E-state index contributed by atoms with van der Waals surface area (Å²) < 4.78 is 1.72. The van der Waals surface area contributed by atoms with Crippen molar-refractivity contribution < 1.29 is 14.7 Å². The molecule has 3 rings (SSSR count). The van der Waals surface area contributed by atoms with Gasteiger partial charge in [-0.25, -0.2) is 4.68 Å². The fourth-order valence-corrected chi connectivity index (χ4v) is 3.70. The van der Waals surface area contributed by atoms with Crippen molar-refractivity contribution in [2.45, 2.75) is 12.5 Å². The number of thioether (sulfide) groups is 1. The monoisotopic (exact) mass is 331 g/mol. The molecular formula is C16H17N3O3S. The number of nitrogens with zero attached hydrogens (tertiary/aromatic N) is 3. The summed E-state index contributed by atoms with van der Waals surface area (Å²) in [5, 5.41) is 13.2. The number of amides is 1. The molecule has 1 aliphatic heterocycles. The van der Waals surface area contributed by atoms with Crippen LogP contribution in [0, 0.1) is 0 Å². The number of carboxylic acids is 1. The van der Waals surface area contributed by atoms with Crippen LogP contribution in [0.3, 0.4) is 0 Å².